The average Bonchev–Trinajstić information content (AvgIpc) is 2.68. The van der Waals surface area contributed by atoms with Crippen molar-refractivity contribution < 1.29 is 9.53 Å². The number of rotatable bonds is 22. The molecule has 0 aromatic rings. The molecule has 162 valence electrons. The summed E-state index contributed by atoms with van der Waals surface area (Å²) in [7, 11) is 0. The van der Waals surface area contributed by atoms with Gasteiger partial charge < -0.3 is 4.74 Å². The van der Waals surface area contributed by atoms with Gasteiger partial charge in [0.2, 0.25) is 0 Å². The minimum atomic E-state index is -0.0151. The summed E-state index contributed by atoms with van der Waals surface area (Å²) in [4.78, 5) is 11.4. The fourth-order valence-corrected chi connectivity index (χ4v) is 3.85. The molecular formula is C24H47IO2. The summed E-state index contributed by atoms with van der Waals surface area (Å²) in [5, 5.41) is 0. The molecule has 0 saturated heterocycles. The van der Waals surface area contributed by atoms with Gasteiger partial charge in [-0.1, -0.05) is 139 Å². The Bertz CT molecular complexity index is 294. The van der Waals surface area contributed by atoms with Crippen LogP contribution in [0.25, 0.3) is 0 Å². The van der Waals surface area contributed by atoms with Gasteiger partial charge in [0.25, 0.3) is 0 Å². The standard InChI is InChI=1S/C24H47IO2/c1-2-3-4-5-6-7-8-9-10-11-12-13-14-15-16-17-18-19-23-27-24(26)21-20-22-25/h2-23H2,1H3. The predicted molar refractivity (Wildman–Crippen MR) is 128 cm³/mol. The molecule has 3 heteroatoms. The number of alkyl halides is 1. The lowest BCUT2D eigenvalue weighted by atomic mass is 10.0. The predicted octanol–water partition coefficient (Wildman–Crippen LogP) is 8.79. The molecule has 0 radical (unpaired) electrons. The Kier molecular flexibility index (Phi) is 24.4. The second-order valence-corrected chi connectivity index (χ2v) is 9.10. The molecule has 0 N–H and O–H groups in total. The molecule has 2 nitrogen and oxygen atoms in total. The number of carbonyl (C=O) groups is 1. The summed E-state index contributed by atoms with van der Waals surface area (Å²) in [6.45, 7) is 2.91. The van der Waals surface area contributed by atoms with Crippen molar-refractivity contribution in [3.63, 3.8) is 0 Å². The van der Waals surface area contributed by atoms with Crippen molar-refractivity contribution in [3.8, 4) is 0 Å². The van der Waals surface area contributed by atoms with E-state index in [9.17, 15) is 4.79 Å². The maximum Gasteiger partial charge on any atom is 0.305 e. The van der Waals surface area contributed by atoms with Crippen LogP contribution < -0.4 is 0 Å². The van der Waals surface area contributed by atoms with E-state index >= 15 is 0 Å². The van der Waals surface area contributed by atoms with E-state index in [2.05, 4.69) is 29.5 Å². The molecule has 0 rings (SSSR count). The molecule has 0 aromatic carbocycles. The first kappa shape index (κ1) is 27.2. The smallest absolute Gasteiger partial charge is 0.305 e. The fourth-order valence-electron chi connectivity index (χ4n) is 3.47. The number of esters is 1. The SMILES string of the molecule is CCCCCCCCCCCCCCCCCCCCOC(=O)CCCI. The number of unbranched alkanes of at least 4 members (excludes halogenated alkanes) is 17. The van der Waals surface area contributed by atoms with E-state index in [1.54, 1.807) is 0 Å². The third-order valence-corrected chi connectivity index (χ3v) is 6.04. The van der Waals surface area contributed by atoms with E-state index in [0.29, 0.717) is 13.0 Å². The minimum absolute atomic E-state index is 0.0151. The Hall–Kier alpha value is 0.200. The number of carbonyl (C=O) groups excluding carboxylic acids is 1. The zero-order valence-electron chi connectivity index (χ0n) is 18.3. The molecule has 0 aliphatic rings. The maximum absolute atomic E-state index is 11.4. The summed E-state index contributed by atoms with van der Waals surface area (Å²) in [5.41, 5.74) is 0. The molecule has 0 saturated carbocycles. The highest BCUT2D eigenvalue weighted by molar-refractivity contribution is 14.1. The van der Waals surface area contributed by atoms with Crippen LogP contribution >= 0.6 is 22.6 Å². The number of ether oxygens (including phenoxy) is 1. The summed E-state index contributed by atoms with van der Waals surface area (Å²) >= 11 is 2.30. The highest BCUT2D eigenvalue weighted by Crippen LogP contribution is 2.14. The molecule has 0 bridgehead atoms. The van der Waals surface area contributed by atoms with Gasteiger partial charge in [-0.15, -0.1) is 0 Å². The fraction of sp³-hybridized carbons (Fsp3) is 0.958. The Morgan fingerprint density at radius 1 is 0.593 bits per heavy atom. The van der Waals surface area contributed by atoms with Gasteiger partial charge in [-0.3, -0.25) is 4.79 Å². The van der Waals surface area contributed by atoms with Crippen LogP contribution in [0.2, 0.25) is 0 Å². The highest BCUT2D eigenvalue weighted by atomic mass is 127. The van der Waals surface area contributed by atoms with Gasteiger partial charge in [0.1, 0.15) is 0 Å². The van der Waals surface area contributed by atoms with Crippen molar-refractivity contribution in [2.24, 2.45) is 0 Å². The van der Waals surface area contributed by atoms with Crippen LogP contribution in [0, 0.1) is 0 Å². The first-order valence-corrected chi connectivity index (χ1v) is 13.6. The molecule has 0 amide bonds. The topological polar surface area (TPSA) is 26.3 Å². The lowest BCUT2D eigenvalue weighted by Gasteiger charge is -2.05. The molecule has 0 aliphatic heterocycles. The van der Waals surface area contributed by atoms with Crippen molar-refractivity contribution in [3.05, 3.63) is 0 Å². The normalized spacial score (nSPS) is 11.0. The second-order valence-electron chi connectivity index (χ2n) is 8.02. The first-order chi connectivity index (χ1) is 13.3. The van der Waals surface area contributed by atoms with E-state index in [-0.39, 0.29) is 5.97 Å². The van der Waals surface area contributed by atoms with Crippen molar-refractivity contribution in [2.45, 2.75) is 135 Å². The van der Waals surface area contributed by atoms with E-state index in [1.165, 1.54) is 109 Å². The van der Waals surface area contributed by atoms with Crippen molar-refractivity contribution in [1.29, 1.82) is 0 Å². The van der Waals surface area contributed by atoms with Crippen LogP contribution in [0.3, 0.4) is 0 Å². The Labute approximate surface area is 184 Å². The van der Waals surface area contributed by atoms with Gasteiger partial charge >= 0.3 is 5.97 Å². The van der Waals surface area contributed by atoms with Gasteiger partial charge in [-0.2, -0.15) is 0 Å². The van der Waals surface area contributed by atoms with Gasteiger partial charge in [-0.05, 0) is 12.8 Å². The van der Waals surface area contributed by atoms with Crippen molar-refractivity contribution in [2.75, 3.05) is 11.0 Å². The first-order valence-electron chi connectivity index (χ1n) is 12.0. The van der Waals surface area contributed by atoms with Crippen molar-refractivity contribution >= 4 is 28.6 Å². The monoisotopic (exact) mass is 494 g/mol. The van der Waals surface area contributed by atoms with E-state index in [1.807, 2.05) is 0 Å². The van der Waals surface area contributed by atoms with Gasteiger partial charge in [0, 0.05) is 10.8 Å². The molecule has 0 atom stereocenters. The lowest BCUT2D eigenvalue weighted by molar-refractivity contribution is -0.143. The van der Waals surface area contributed by atoms with Gasteiger partial charge in [0.15, 0.2) is 0 Å². The summed E-state index contributed by atoms with van der Waals surface area (Å²) in [5.74, 6) is -0.0151. The van der Waals surface area contributed by atoms with E-state index in [0.717, 1.165) is 17.3 Å². The third kappa shape index (κ3) is 24.2. The van der Waals surface area contributed by atoms with Crippen LogP contribution in [-0.2, 0) is 9.53 Å². The summed E-state index contributed by atoms with van der Waals surface area (Å²) < 4.78 is 6.26. The Balaban J connectivity index is 3.04. The van der Waals surface area contributed by atoms with E-state index in [4.69, 9.17) is 4.74 Å². The molecule has 0 unspecified atom stereocenters. The minimum Gasteiger partial charge on any atom is -0.466 e. The molecule has 27 heavy (non-hydrogen) atoms. The van der Waals surface area contributed by atoms with Gasteiger partial charge in [0.05, 0.1) is 6.61 Å². The zero-order valence-corrected chi connectivity index (χ0v) is 20.4. The van der Waals surface area contributed by atoms with Crippen LogP contribution in [0.1, 0.15) is 135 Å². The number of hydrogen-bond acceptors (Lipinski definition) is 2. The van der Waals surface area contributed by atoms with Gasteiger partial charge in [-0.25, -0.2) is 0 Å². The molecule has 0 heterocycles. The molecule has 0 aromatic heterocycles. The van der Waals surface area contributed by atoms with Crippen LogP contribution in [0.15, 0.2) is 0 Å². The summed E-state index contributed by atoms with van der Waals surface area (Å²) in [6.07, 6.45) is 26.5. The van der Waals surface area contributed by atoms with Crippen LogP contribution in [0.4, 0.5) is 0 Å². The Morgan fingerprint density at radius 3 is 1.33 bits per heavy atom. The highest BCUT2D eigenvalue weighted by Gasteiger charge is 2.01. The van der Waals surface area contributed by atoms with Crippen LogP contribution in [-0.4, -0.2) is 17.0 Å². The average molecular weight is 495 g/mol. The number of halogens is 1. The molecule has 0 fully saturated rings. The summed E-state index contributed by atoms with van der Waals surface area (Å²) in [6, 6.07) is 0. The Morgan fingerprint density at radius 2 is 0.963 bits per heavy atom. The second kappa shape index (κ2) is 24.2. The number of hydrogen-bond donors (Lipinski definition) is 0. The maximum atomic E-state index is 11.4. The molecule has 0 spiro atoms. The third-order valence-electron chi connectivity index (χ3n) is 5.28. The lowest BCUT2D eigenvalue weighted by Crippen LogP contribution is -2.05. The van der Waals surface area contributed by atoms with Crippen molar-refractivity contribution in [1.82, 2.24) is 0 Å². The van der Waals surface area contributed by atoms with E-state index < -0.39 is 0 Å². The molecule has 0 aliphatic carbocycles. The molecular weight excluding hydrogens is 447 g/mol. The quantitative estimate of drug-likeness (QED) is 0.0651. The zero-order chi connectivity index (χ0) is 19.8. The van der Waals surface area contributed by atoms with Crippen LogP contribution in [0.5, 0.6) is 0 Å². The largest absolute Gasteiger partial charge is 0.466 e.